The molecule has 4 aromatic rings. The number of likely N-dealkylation sites (N-methyl/N-ethyl adjacent to an activating group) is 1. The van der Waals surface area contributed by atoms with Crippen molar-refractivity contribution in [1.82, 2.24) is 19.6 Å². The first-order valence-electron chi connectivity index (χ1n) is 9.81. The van der Waals surface area contributed by atoms with E-state index >= 15 is 0 Å². The number of aromatic nitrogens is 2. The van der Waals surface area contributed by atoms with Crippen LogP contribution in [-0.4, -0.2) is 44.7 Å². The fourth-order valence-corrected chi connectivity index (χ4v) is 5.20. The minimum atomic E-state index is -1.27. The van der Waals surface area contributed by atoms with Crippen LogP contribution in [0.3, 0.4) is 0 Å². The third-order valence-electron chi connectivity index (χ3n) is 5.73. The molecule has 0 saturated carbocycles. The number of halogens is 1. The molecule has 3 N–H and O–H groups in total. The van der Waals surface area contributed by atoms with Crippen LogP contribution in [0.25, 0.3) is 33.1 Å². The quantitative estimate of drug-likeness (QED) is 0.471. The Kier molecular flexibility index (Phi) is 4.77. The fourth-order valence-electron chi connectivity index (χ4n) is 4.01. The predicted molar refractivity (Wildman–Crippen MR) is 117 cm³/mol. The lowest BCUT2D eigenvalue weighted by atomic mass is 10.1. The van der Waals surface area contributed by atoms with Gasteiger partial charge in [-0.05, 0) is 55.4 Å². The van der Waals surface area contributed by atoms with Gasteiger partial charge in [0.25, 0.3) is 5.56 Å². The molecule has 0 aliphatic carbocycles. The summed E-state index contributed by atoms with van der Waals surface area (Å²) >= 11 is 0. The smallest absolute Gasteiger partial charge is 0.257 e. The summed E-state index contributed by atoms with van der Waals surface area (Å²) in [5.41, 5.74) is 1.94. The van der Waals surface area contributed by atoms with Crippen molar-refractivity contribution in [3.63, 3.8) is 0 Å². The van der Waals surface area contributed by atoms with Crippen molar-refractivity contribution in [1.29, 1.82) is 0 Å². The lowest BCUT2D eigenvalue weighted by Crippen LogP contribution is -2.34. The maximum absolute atomic E-state index is 14.2. The number of benzene rings is 2. The maximum Gasteiger partial charge on any atom is 0.257 e. The van der Waals surface area contributed by atoms with Crippen LogP contribution in [0.2, 0.25) is 0 Å². The second kappa shape index (κ2) is 7.46. The SMILES string of the molecule is CN(C1CCNC1)S(=O)c1ccc2[nH]c(-c3cc4c(F)cccc4[nH]c3=O)cc2c1. The van der Waals surface area contributed by atoms with E-state index in [2.05, 4.69) is 15.3 Å². The van der Waals surface area contributed by atoms with Crippen molar-refractivity contribution in [2.24, 2.45) is 0 Å². The zero-order chi connectivity index (χ0) is 20.8. The normalized spacial score (nSPS) is 17.9. The molecule has 0 bridgehead atoms. The predicted octanol–water partition coefficient (Wildman–Crippen LogP) is 3.13. The van der Waals surface area contributed by atoms with E-state index < -0.39 is 11.0 Å². The Hall–Kier alpha value is -2.81. The molecule has 6 nitrogen and oxygen atoms in total. The van der Waals surface area contributed by atoms with Gasteiger partial charge in [0.05, 0.1) is 21.7 Å². The van der Waals surface area contributed by atoms with Gasteiger partial charge in [-0.25, -0.2) is 12.9 Å². The highest BCUT2D eigenvalue weighted by atomic mass is 32.2. The summed E-state index contributed by atoms with van der Waals surface area (Å²) in [4.78, 5) is 19.2. The average Bonchev–Trinajstić information content (AvgIpc) is 3.42. The van der Waals surface area contributed by atoms with Crippen molar-refractivity contribution in [2.75, 3.05) is 20.1 Å². The lowest BCUT2D eigenvalue weighted by molar-refractivity contribution is 0.414. The number of pyridine rings is 1. The third-order valence-corrected chi connectivity index (χ3v) is 7.21. The molecular formula is C22H21FN4O2S. The number of aromatic amines is 2. The molecule has 3 heterocycles. The van der Waals surface area contributed by atoms with Crippen LogP contribution in [-0.2, 0) is 11.0 Å². The molecule has 5 rings (SSSR count). The van der Waals surface area contributed by atoms with Gasteiger partial charge in [-0.1, -0.05) is 6.07 Å². The number of nitrogens with zero attached hydrogens (tertiary/aromatic N) is 1. The molecule has 2 aromatic carbocycles. The summed E-state index contributed by atoms with van der Waals surface area (Å²) in [6, 6.07) is 13.8. The molecule has 2 aromatic heterocycles. The summed E-state index contributed by atoms with van der Waals surface area (Å²) < 4.78 is 29.1. The second-order valence-electron chi connectivity index (χ2n) is 7.59. The zero-order valence-electron chi connectivity index (χ0n) is 16.4. The van der Waals surface area contributed by atoms with Crippen LogP contribution < -0.4 is 10.9 Å². The standard InChI is InChI=1S/C22H21FN4O2S/c1-27(14-7-8-24-12-14)30(29)15-5-6-19-13(9-15)10-21(25-19)17-11-16-18(23)3-2-4-20(16)26-22(17)28/h2-6,9-11,14,24-25H,7-8,12H2,1H3,(H,26,28). The Morgan fingerprint density at radius 3 is 2.77 bits per heavy atom. The molecule has 0 amide bonds. The number of hydrogen-bond donors (Lipinski definition) is 3. The molecular weight excluding hydrogens is 403 g/mol. The molecule has 2 unspecified atom stereocenters. The number of fused-ring (bicyclic) bond motifs is 2. The Morgan fingerprint density at radius 1 is 1.10 bits per heavy atom. The summed E-state index contributed by atoms with van der Waals surface area (Å²) in [5.74, 6) is -0.386. The largest absolute Gasteiger partial charge is 0.354 e. The minimum absolute atomic E-state index is 0.245. The lowest BCUT2D eigenvalue weighted by Gasteiger charge is -2.22. The molecule has 1 fully saturated rings. The van der Waals surface area contributed by atoms with Crippen LogP contribution in [0.4, 0.5) is 4.39 Å². The van der Waals surface area contributed by atoms with Gasteiger partial charge >= 0.3 is 0 Å². The van der Waals surface area contributed by atoms with Crippen LogP contribution >= 0.6 is 0 Å². The molecule has 30 heavy (non-hydrogen) atoms. The minimum Gasteiger partial charge on any atom is -0.354 e. The first-order valence-corrected chi connectivity index (χ1v) is 10.9. The highest BCUT2D eigenvalue weighted by Crippen LogP contribution is 2.27. The van der Waals surface area contributed by atoms with Crippen molar-refractivity contribution in [2.45, 2.75) is 17.4 Å². The van der Waals surface area contributed by atoms with Crippen molar-refractivity contribution in [3.8, 4) is 11.3 Å². The number of nitrogens with one attached hydrogen (secondary N) is 3. The molecule has 0 radical (unpaired) electrons. The molecule has 1 aliphatic heterocycles. The monoisotopic (exact) mass is 424 g/mol. The van der Waals surface area contributed by atoms with E-state index in [-0.39, 0.29) is 17.4 Å². The number of hydrogen-bond acceptors (Lipinski definition) is 3. The van der Waals surface area contributed by atoms with E-state index in [9.17, 15) is 13.4 Å². The van der Waals surface area contributed by atoms with Crippen LogP contribution in [0, 0.1) is 5.82 Å². The molecule has 154 valence electrons. The van der Waals surface area contributed by atoms with E-state index in [0.717, 1.165) is 30.4 Å². The van der Waals surface area contributed by atoms with Crippen molar-refractivity contribution in [3.05, 3.63) is 64.7 Å². The van der Waals surface area contributed by atoms with Gasteiger partial charge < -0.3 is 15.3 Å². The Balaban J connectivity index is 1.54. The van der Waals surface area contributed by atoms with Gasteiger partial charge in [-0.15, -0.1) is 0 Å². The Morgan fingerprint density at radius 2 is 1.97 bits per heavy atom. The molecule has 0 spiro atoms. The van der Waals surface area contributed by atoms with Gasteiger partial charge in [0.15, 0.2) is 0 Å². The molecule has 2 atom stereocenters. The molecule has 8 heteroatoms. The van der Waals surface area contributed by atoms with E-state index in [0.29, 0.717) is 27.1 Å². The van der Waals surface area contributed by atoms with Gasteiger partial charge in [0.2, 0.25) is 0 Å². The first kappa shape index (κ1) is 19.2. The van der Waals surface area contributed by atoms with Crippen LogP contribution in [0.5, 0.6) is 0 Å². The van der Waals surface area contributed by atoms with Crippen LogP contribution in [0.1, 0.15) is 6.42 Å². The van der Waals surface area contributed by atoms with Crippen molar-refractivity contribution < 1.29 is 8.60 Å². The maximum atomic E-state index is 14.2. The Bertz CT molecular complexity index is 1340. The first-order chi connectivity index (χ1) is 14.5. The van der Waals surface area contributed by atoms with Gasteiger partial charge in [0.1, 0.15) is 16.8 Å². The topological polar surface area (TPSA) is 81.0 Å². The van der Waals surface area contributed by atoms with Crippen LogP contribution in [0.15, 0.2) is 58.2 Å². The van der Waals surface area contributed by atoms with Gasteiger partial charge in [-0.2, -0.15) is 0 Å². The van der Waals surface area contributed by atoms with Crippen molar-refractivity contribution >= 4 is 32.8 Å². The highest BCUT2D eigenvalue weighted by Gasteiger charge is 2.24. The fraction of sp³-hybridized carbons (Fsp3) is 0.227. The molecule has 1 saturated heterocycles. The Labute approximate surface area is 174 Å². The third kappa shape index (κ3) is 3.27. The number of rotatable bonds is 4. The van der Waals surface area contributed by atoms with Gasteiger partial charge in [0, 0.05) is 35.9 Å². The van der Waals surface area contributed by atoms with Gasteiger partial charge in [-0.3, -0.25) is 4.79 Å². The summed E-state index contributed by atoms with van der Waals surface area (Å²) in [6.07, 6.45) is 0.972. The van der Waals surface area contributed by atoms with E-state index in [1.165, 1.54) is 6.07 Å². The average molecular weight is 425 g/mol. The summed E-state index contributed by atoms with van der Waals surface area (Å²) in [5, 5.41) is 4.50. The van der Waals surface area contributed by atoms with E-state index in [4.69, 9.17) is 0 Å². The zero-order valence-corrected chi connectivity index (χ0v) is 17.2. The van der Waals surface area contributed by atoms with E-state index in [1.54, 1.807) is 18.2 Å². The summed E-state index contributed by atoms with van der Waals surface area (Å²) in [7, 11) is 0.605. The molecule has 1 aliphatic rings. The second-order valence-corrected chi connectivity index (χ2v) is 9.13. The summed E-state index contributed by atoms with van der Waals surface area (Å²) in [6.45, 7) is 1.77. The highest BCUT2D eigenvalue weighted by molar-refractivity contribution is 7.82. The number of H-pyrrole nitrogens is 2. The van der Waals surface area contributed by atoms with E-state index in [1.807, 2.05) is 35.6 Å².